The summed E-state index contributed by atoms with van der Waals surface area (Å²) in [5.74, 6) is -0.392. The minimum atomic E-state index is -3.90. The van der Waals surface area contributed by atoms with Gasteiger partial charge in [0.2, 0.25) is 21.8 Å². The third-order valence-corrected chi connectivity index (χ3v) is 8.40. The number of carbonyl (C=O) groups is 2. The predicted octanol–water partition coefficient (Wildman–Crippen LogP) is 4.97. The van der Waals surface area contributed by atoms with E-state index in [-0.39, 0.29) is 29.7 Å². The maximum Gasteiger partial charge on any atom is 0.243 e. The molecular formula is C28H31N3O4S. The maximum atomic E-state index is 13.7. The van der Waals surface area contributed by atoms with Gasteiger partial charge in [0.25, 0.3) is 0 Å². The molecule has 0 aromatic heterocycles. The molecule has 0 unspecified atom stereocenters. The number of nitrogens with zero attached hydrogens (tertiary/aromatic N) is 1. The van der Waals surface area contributed by atoms with Crippen molar-refractivity contribution in [2.24, 2.45) is 0 Å². The monoisotopic (exact) mass is 505 g/mol. The Bertz CT molecular complexity index is 1380. The number of benzene rings is 3. The van der Waals surface area contributed by atoms with Gasteiger partial charge in [-0.15, -0.1) is 0 Å². The number of amides is 2. The van der Waals surface area contributed by atoms with Gasteiger partial charge in [0.15, 0.2) is 0 Å². The fourth-order valence-electron chi connectivity index (χ4n) is 4.47. The first-order valence-electron chi connectivity index (χ1n) is 12.1. The van der Waals surface area contributed by atoms with Crippen LogP contribution in [-0.4, -0.2) is 31.1 Å². The van der Waals surface area contributed by atoms with Crippen LogP contribution in [0.3, 0.4) is 0 Å². The Hall–Kier alpha value is -3.49. The number of hydrogen-bond donors (Lipinski definition) is 2. The lowest BCUT2D eigenvalue weighted by atomic mass is 9.92. The summed E-state index contributed by atoms with van der Waals surface area (Å²) in [5, 5.41) is 5.70. The summed E-state index contributed by atoms with van der Waals surface area (Å²) in [7, 11) is -3.90. The van der Waals surface area contributed by atoms with E-state index < -0.39 is 16.1 Å². The van der Waals surface area contributed by atoms with Crippen LogP contribution >= 0.6 is 0 Å². The topological polar surface area (TPSA) is 95.6 Å². The lowest BCUT2D eigenvalue weighted by molar-refractivity contribution is -0.117. The minimum Gasteiger partial charge on any atom is -0.326 e. The lowest BCUT2D eigenvalue weighted by Gasteiger charge is -2.36. The number of anilines is 2. The molecule has 2 amide bonds. The standard InChI is InChI=1S/C28H31N3O4S/c1-4-27(32)29-22-11-13-23(14-12-22)36(34,35)31-16-15-21-7-5-6-8-24(21)26(31)18-28(33)30-25-17-19(2)9-10-20(25)3/h5-14,17,26H,4,15-16,18H2,1-3H3,(H,29,32)(H,30,33)/t26-/m1/s1. The van der Waals surface area contributed by atoms with Crippen LogP contribution in [0.15, 0.2) is 71.6 Å². The molecule has 3 aromatic carbocycles. The highest BCUT2D eigenvalue weighted by Crippen LogP contribution is 2.37. The normalized spacial score (nSPS) is 15.7. The number of carbonyl (C=O) groups excluding carboxylic acids is 2. The van der Waals surface area contributed by atoms with Gasteiger partial charge in [-0.2, -0.15) is 4.31 Å². The van der Waals surface area contributed by atoms with Crippen molar-refractivity contribution in [2.45, 2.75) is 51.0 Å². The van der Waals surface area contributed by atoms with Gasteiger partial charge < -0.3 is 10.6 Å². The second-order valence-corrected chi connectivity index (χ2v) is 11.0. The first-order valence-corrected chi connectivity index (χ1v) is 13.5. The molecule has 3 aromatic rings. The Balaban J connectivity index is 1.63. The Labute approximate surface area is 212 Å². The average Bonchev–Trinajstić information content (AvgIpc) is 2.86. The van der Waals surface area contributed by atoms with Crippen molar-refractivity contribution in [1.29, 1.82) is 0 Å². The van der Waals surface area contributed by atoms with Crippen molar-refractivity contribution in [2.75, 3.05) is 17.2 Å². The van der Waals surface area contributed by atoms with Gasteiger partial charge in [0, 0.05) is 30.8 Å². The van der Waals surface area contributed by atoms with Gasteiger partial charge in [0.05, 0.1) is 10.9 Å². The molecule has 188 valence electrons. The number of rotatable bonds is 7. The molecule has 4 rings (SSSR count). The summed E-state index contributed by atoms with van der Waals surface area (Å²) < 4.78 is 28.9. The molecule has 1 heterocycles. The minimum absolute atomic E-state index is 0.00569. The predicted molar refractivity (Wildman–Crippen MR) is 141 cm³/mol. The Kier molecular flexibility index (Phi) is 7.56. The Morgan fingerprint density at radius 2 is 1.67 bits per heavy atom. The highest BCUT2D eigenvalue weighted by atomic mass is 32.2. The third kappa shape index (κ3) is 5.50. The van der Waals surface area contributed by atoms with Crippen LogP contribution in [0.4, 0.5) is 11.4 Å². The largest absolute Gasteiger partial charge is 0.326 e. The highest BCUT2D eigenvalue weighted by Gasteiger charge is 2.37. The summed E-state index contributed by atoms with van der Waals surface area (Å²) >= 11 is 0. The van der Waals surface area contributed by atoms with Gasteiger partial charge in [0.1, 0.15) is 0 Å². The molecule has 0 spiro atoms. The zero-order valence-electron chi connectivity index (χ0n) is 20.7. The molecule has 0 fully saturated rings. The van der Waals surface area contributed by atoms with Crippen LogP contribution < -0.4 is 10.6 Å². The molecule has 7 nitrogen and oxygen atoms in total. The zero-order chi connectivity index (χ0) is 25.9. The van der Waals surface area contributed by atoms with Crippen LogP contribution in [0.25, 0.3) is 0 Å². The number of aryl methyl sites for hydroxylation is 2. The summed E-state index contributed by atoms with van der Waals surface area (Å²) in [5.41, 5.74) is 5.12. The molecular weight excluding hydrogens is 474 g/mol. The summed E-state index contributed by atoms with van der Waals surface area (Å²) in [6.07, 6.45) is 0.891. The molecule has 36 heavy (non-hydrogen) atoms. The van der Waals surface area contributed by atoms with Crippen LogP contribution in [0.1, 0.15) is 48.1 Å². The van der Waals surface area contributed by atoms with Gasteiger partial charge in [-0.3, -0.25) is 9.59 Å². The molecule has 8 heteroatoms. The maximum absolute atomic E-state index is 13.7. The van der Waals surface area contributed by atoms with E-state index >= 15 is 0 Å². The van der Waals surface area contributed by atoms with Crippen LogP contribution in [-0.2, 0) is 26.0 Å². The van der Waals surface area contributed by atoms with E-state index in [0.29, 0.717) is 18.5 Å². The van der Waals surface area contributed by atoms with Gasteiger partial charge in [-0.25, -0.2) is 8.42 Å². The number of nitrogens with one attached hydrogen (secondary N) is 2. The quantitative estimate of drug-likeness (QED) is 0.474. The van der Waals surface area contributed by atoms with Crippen molar-refractivity contribution in [3.63, 3.8) is 0 Å². The first-order chi connectivity index (χ1) is 17.2. The van der Waals surface area contributed by atoms with E-state index in [0.717, 1.165) is 27.9 Å². The highest BCUT2D eigenvalue weighted by molar-refractivity contribution is 7.89. The molecule has 0 saturated carbocycles. The van der Waals surface area contributed by atoms with E-state index in [1.807, 2.05) is 56.3 Å². The fourth-order valence-corrected chi connectivity index (χ4v) is 6.08. The van der Waals surface area contributed by atoms with Gasteiger partial charge in [-0.1, -0.05) is 43.3 Å². The Morgan fingerprint density at radius 3 is 2.39 bits per heavy atom. The second-order valence-electron chi connectivity index (χ2n) is 9.08. The van der Waals surface area contributed by atoms with Crippen LogP contribution in [0, 0.1) is 13.8 Å². The molecule has 1 atom stereocenters. The molecule has 0 bridgehead atoms. The number of sulfonamides is 1. The number of fused-ring (bicyclic) bond motifs is 1. The lowest BCUT2D eigenvalue weighted by Crippen LogP contribution is -2.41. The molecule has 1 aliphatic heterocycles. The van der Waals surface area contributed by atoms with Crippen molar-refractivity contribution in [3.8, 4) is 0 Å². The smallest absolute Gasteiger partial charge is 0.243 e. The van der Waals surface area contributed by atoms with Crippen LogP contribution in [0.5, 0.6) is 0 Å². The summed E-state index contributed by atoms with van der Waals surface area (Å²) in [6.45, 7) is 5.90. The van der Waals surface area contributed by atoms with Gasteiger partial charge in [-0.05, 0) is 72.9 Å². The van der Waals surface area contributed by atoms with E-state index in [9.17, 15) is 18.0 Å². The van der Waals surface area contributed by atoms with Crippen molar-refractivity contribution in [3.05, 3.63) is 89.0 Å². The number of hydrogen-bond acceptors (Lipinski definition) is 4. The molecule has 0 radical (unpaired) electrons. The van der Waals surface area contributed by atoms with Crippen LogP contribution in [0.2, 0.25) is 0 Å². The van der Waals surface area contributed by atoms with E-state index in [4.69, 9.17) is 0 Å². The van der Waals surface area contributed by atoms with Crippen molar-refractivity contribution >= 4 is 33.2 Å². The molecule has 0 aliphatic carbocycles. The van der Waals surface area contributed by atoms with E-state index in [1.165, 1.54) is 16.4 Å². The third-order valence-electron chi connectivity index (χ3n) is 6.47. The SMILES string of the molecule is CCC(=O)Nc1ccc(S(=O)(=O)N2CCc3ccccc3[C@H]2CC(=O)Nc2cc(C)ccc2C)cc1. The van der Waals surface area contributed by atoms with E-state index in [1.54, 1.807) is 19.1 Å². The first kappa shape index (κ1) is 25.6. The van der Waals surface area contributed by atoms with E-state index in [2.05, 4.69) is 10.6 Å². The second kappa shape index (κ2) is 10.6. The summed E-state index contributed by atoms with van der Waals surface area (Å²) in [4.78, 5) is 25.0. The van der Waals surface area contributed by atoms with Crippen molar-refractivity contribution < 1.29 is 18.0 Å². The zero-order valence-corrected chi connectivity index (χ0v) is 21.6. The van der Waals surface area contributed by atoms with Gasteiger partial charge >= 0.3 is 0 Å². The fraction of sp³-hybridized carbons (Fsp3) is 0.286. The Morgan fingerprint density at radius 1 is 0.944 bits per heavy atom. The molecule has 1 aliphatic rings. The molecule has 2 N–H and O–H groups in total. The summed E-state index contributed by atoms with van der Waals surface area (Å²) in [6, 6.07) is 19.1. The van der Waals surface area contributed by atoms with Crippen molar-refractivity contribution in [1.82, 2.24) is 4.31 Å². The molecule has 0 saturated heterocycles. The average molecular weight is 506 g/mol.